The van der Waals surface area contributed by atoms with Gasteiger partial charge in [-0.2, -0.15) is 5.10 Å². The highest BCUT2D eigenvalue weighted by Crippen LogP contribution is 2.28. The molecule has 1 N–H and O–H groups in total. The van der Waals surface area contributed by atoms with Gasteiger partial charge in [0.1, 0.15) is 18.4 Å². The maximum atomic E-state index is 5.68. The second-order valence-corrected chi connectivity index (χ2v) is 5.40. The molecule has 7 nitrogen and oxygen atoms in total. The van der Waals surface area contributed by atoms with Crippen molar-refractivity contribution in [1.29, 1.82) is 0 Å². The van der Waals surface area contributed by atoms with Crippen molar-refractivity contribution in [3.05, 3.63) is 54.8 Å². The minimum Gasteiger partial charge on any atom is -0.448 e. The van der Waals surface area contributed by atoms with Crippen molar-refractivity contribution in [2.24, 2.45) is 5.10 Å². The molecule has 3 heterocycles. The van der Waals surface area contributed by atoms with Crippen LogP contribution in [0.2, 0.25) is 0 Å². The van der Waals surface area contributed by atoms with Crippen LogP contribution in [-0.2, 0) is 0 Å². The lowest BCUT2D eigenvalue weighted by molar-refractivity contribution is 0.468. The summed E-state index contributed by atoms with van der Waals surface area (Å²) in [5.41, 5.74) is 1.94. The number of furan rings is 1. The van der Waals surface area contributed by atoms with Gasteiger partial charge in [0.05, 0.1) is 17.2 Å². The summed E-state index contributed by atoms with van der Waals surface area (Å²) in [6, 6.07) is 11.6. The van der Waals surface area contributed by atoms with Crippen molar-refractivity contribution < 1.29 is 4.42 Å². The van der Waals surface area contributed by atoms with Gasteiger partial charge >= 0.3 is 0 Å². The summed E-state index contributed by atoms with van der Waals surface area (Å²) in [7, 11) is 0. The van der Waals surface area contributed by atoms with Crippen molar-refractivity contribution in [1.82, 2.24) is 24.8 Å². The molecule has 0 aliphatic rings. The Morgan fingerprint density at radius 1 is 1.14 bits per heavy atom. The van der Waals surface area contributed by atoms with Gasteiger partial charge < -0.3 is 9.40 Å². The van der Waals surface area contributed by atoms with Gasteiger partial charge in [0.2, 0.25) is 0 Å². The molecule has 4 rings (SSSR count). The first kappa shape index (κ1) is 12.8. The van der Waals surface area contributed by atoms with Gasteiger partial charge in [-0.15, -0.1) is 10.2 Å². The van der Waals surface area contributed by atoms with Crippen LogP contribution in [0.5, 0.6) is 0 Å². The number of hydrogen-bond donors (Lipinski definition) is 1. The molecule has 0 radical (unpaired) electrons. The van der Waals surface area contributed by atoms with Crippen LogP contribution in [0.15, 0.2) is 68.8 Å². The number of aromatic nitrogens is 5. The Morgan fingerprint density at radius 2 is 2.00 bits per heavy atom. The van der Waals surface area contributed by atoms with Crippen molar-refractivity contribution >= 4 is 29.0 Å². The molecule has 1 aromatic carbocycles. The lowest BCUT2D eigenvalue weighted by Gasteiger charge is -1.91. The van der Waals surface area contributed by atoms with Crippen LogP contribution in [0.4, 0.5) is 0 Å². The zero-order chi connectivity index (χ0) is 14.8. The number of fused-ring (bicyclic) bond motifs is 1. The van der Waals surface area contributed by atoms with Crippen molar-refractivity contribution in [2.75, 3.05) is 0 Å². The van der Waals surface area contributed by atoms with Gasteiger partial charge in [-0.25, -0.2) is 9.66 Å². The van der Waals surface area contributed by atoms with E-state index in [-0.39, 0.29) is 0 Å². The molecule has 0 aliphatic heterocycles. The topological polar surface area (TPSA) is 84.9 Å². The second kappa shape index (κ2) is 5.49. The van der Waals surface area contributed by atoms with Crippen LogP contribution < -0.4 is 0 Å². The second-order valence-electron chi connectivity index (χ2n) is 4.40. The fourth-order valence-electron chi connectivity index (χ4n) is 1.91. The third-order valence-corrected chi connectivity index (χ3v) is 3.70. The largest absolute Gasteiger partial charge is 0.448 e. The number of imidazole rings is 1. The first-order chi connectivity index (χ1) is 10.9. The highest BCUT2D eigenvalue weighted by atomic mass is 32.2. The predicted molar refractivity (Wildman–Crippen MR) is 81.9 cm³/mol. The molecule has 0 spiro atoms. The van der Waals surface area contributed by atoms with Gasteiger partial charge in [-0.1, -0.05) is 12.1 Å². The lowest BCUT2D eigenvalue weighted by Crippen LogP contribution is -1.84. The number of aromatic amines is 1. The van der Waals surface area contributed by atoms with Gasteiger partial charge in [-0.05, 0) is 36.0 Å². The average molecular weight is 310 g/mol. The molecule has 4 aromatic rings. The van der Waals surface area contributed by atoms with E-state index in [1.807, 2.05) is 36.4 Å². The summed E-state index contributed by atoms with van der Waals surface area (Å²) < 4.78 is 7.18. The Morgan fingerprint density at radius 3 is 2.86 bits per heavy atom. The summed E-state index contributed by atoms with van der Waals surface area (Å²) in [6.45, 7) is 0. The maximum absolute atomic E-state index is 5.68. The van der Waals surface area contributed by atoms with E-state index in [0.717, 1.165) is 21.3 Å². The standard InChI is InChI=1S/C14H10N6OS/c1-2-4-12-11(3-1)18-14(19-12)22-13-6-5-10(21-13)7-17-20-8-15-16-9-20/h1-9H,(H,18,19)/b17-7+. The number of hydrogen-bond acceptors (Lipinski definition) is 6. The fraction of sp³-hybridized carbons (Fsp3) is 0. The zero-order valence-corrected chi connectivity index (χ0v) is 12.1. The number of nitrogens with zero attached hydrogens (tertiary/aromatic N) is 5. The number of rotatable bonds is 4. The summed E-state index contributed by atoms with van der Waals surface area (Å²) in [6.07, 6.45) is 4.61. The molecule has 0 saturated heterocycles. The van der Waals surface area contributed by atoms with E-state index in [0.29, 0.717) is 5.76 Å². The molecule has 0 bridgehead atoms. The van der Waals surface area contributed by atoms with E-state index in [4.69, 9.17) is 4.42 Å². The van der Waals surface area contributed by atoms with E-state index >= 15 is 0 Å². The van der Waals surface area contributed by atoms with Crippen LogP contribution in [0.1, 0.15) is 5.76 Å². The van der Waals surface area contributed by atoms with Crippen LogP contribution in [-0.4, -0.2) is 31.1 Å². The predicted octanol–water partition coefficient (Wildman–Crippen LogP) is 2.78. The highest BCUT2D eigenvalue weighted by Gasteiger charge is 2.07. The molecule has 0 unspecified atom stereocenters. The van der Waals surface area contributed by atoms with Crippen LogP contribution in [0, 0.1) is 0 Å². The molecule has 108 valence electrons. The average Bonchev–Trinajstić information content (AvgIpc) is 3.26. The van der Waals surface area contributed by atoms with Crippen LogP contribution in [0.25, 0.3) is 11.0 Å². The Labute approximate surface area is 129 Å². The lowest BCUT2D eigenvalue weighted by atomic mass is 10.3. The first-order valence-electron chi connectivity index (χ1n) is 6.48. The molecule has 0 fully saturated rings. The van der Waals surface area contributed by atoms with Crippen molar-refractivity contribution in [2.45, 2.75) is 10.2 Å². The molecule has 0 atom stereocenters. The quantitative estimate of drug-likeness (QED) is 0.586. The Balaban J connectivity index is 1.51. The van der Waals surface area contributed by atoms with E-state index in [2.05, 4.69) is 25.3 Å². The number of para-hydroxylation sites is 2. The van der Waals surface area contributed by atoms with E-state index in [1.54, 1.807) is 6.21 Å². The van der Waals surface area contributed by atoms with E-state index < -0.39 is 0 Å². The smallest absolute Gasteiger partial charge is 0.174 e. The summed E-state index contributed by atoms with van der Waals surface area (Å²) >= 11 is 1.43. The molecule has 3 aromatic heterocycles. The fourth-order valence-corrected chi connectivity index (χ4v) is 2.68. The SMILES string of the molecule is C(=N\n1cnnc1)/c1ccc(Sc2nc3ccccc3[nH]2)o1. The van der Waals surface area contributed by atoms with Gasteiger partial charge in [0.15, 0.2) is 10.2 Å². The van der Waals surface area contributed by atoms with E-state index in [9.17, 15) is 0 Å². The highest BCUT2D eigenvalue weighted by molar-refractivity contribution is 7.99. The number of nitrogens with one attached hydrogen (secondary N) is 1. The molecule has 0 saturated carbocycles. The Hall–Kier alpha value is -2.87. The third-order valence-electron chi connectivity index (χ3n) is 2.89. The Bertz CT molecular complexity index is 891. The zero-order valence-electron chi connectivity index (χ0n) is 11.2. The summed E-state index contributed by atoms with van der Waals surface area (Å²) in [5, 5.41) is 13.0. The van der Waals surface area contributed by atoms with Crippen LogP contribution in [0.3, 0.4) is 0 Å². The number of H-pyrrole nitrogens is 1. The molecule has 0 aliphatic carbocycles. The summed E-state index contributed by atoms with van der Waals surface area (Å²) in [4.78, 5) is 7.74. The molecule has 0 amide bonds. The van der Waals surface area contributed by atoms with E-state index in [1.165, 1.54) is 29.1 Å². The molecular weight excluding hydrogens is 300 g/mol. The van der Waals surface area contributed by atoms with Gasteiger partial charge in [0, 0.05) is 0 Å². The Kier molecular flexibility index (Phi) is 3.20. The van der Waals surface area contributed by atoms with Gasteiger partial charge in [-0.3, -0.25) is 0 Å². The minimum absolute atomic E-state index is 0.646. The van der Waals surface area contributed by atoms with Crippen LogP contribution >= 0.6 is 11.8 Å². The van der Waals surface area contributed by atoms with Gasteiger partial charge in [0.25, 0.3) is 0 Å². The first-order valence-corrected chi connectivity index (χ1v) is 7.30. The minimum atomic E-state index is 0.646. The summed E-state index contributed by atoms with van der Waals surface area (Å²) in [5.74, 6) is 0.646. The third kappa shape index (κ3) is 2.63. The molecular formula is C14H10N6OS. The molecule has 22 heavy (non-hydrogen) atoms. The molecule has 8 heteroatoms. The number of benzene rings is 1. The normalized spacial score (nSPS) is 11.6. The van der Waals surface area contributed by atoms with Crippen molar-refractivity contribution in [3.63, 3.8) is 0 Å². The van der Waals surface area contributed by atoms with Crippen molar-refractivity contribution in [3.8, 4) is 0 Å². The maximum Gasteiger partial charge on any atom is 0.174 e. The monoisotopic (exact) mass is 310 g/mol.